The number of fused-ring (bicyclic) bond motifs is 2. The van der Waals surface area contributed by atoms with Crippen molar-refractivity contribution in [1.29, 1.82) is 0 Å². The van der Waals surface area contributed by atoms with E-state index in [1.54, 1.807) is 13.8 Å². The summed E-state index contributed by atoms with van der Waals surface area (Å²) in [7, 11) is 0. The Kier molecular flexibility index (Phi) is 5.25. The summed E-state index contributed by atoms with van der Waals surface area (Å²) in [5.74, 6) is 0.280. The van der Waals surface area contributed by atoms with Crippen LogP contribution in [0.2, 0.25) is 0 Å². The van der Waals surface area contributed by atoms with Crippen molar-refractivity contribution in [3.05, 3.63) is 34.2 Å². The normalized spacial score (nSPS) is 31.5. The molecule has 4 rings (SSSR count). The van der Waals surface area contributed by atoms with E-state index in [0.717, 1.165) is 0 Å². The molecule has 0 radical (unpaired) electrons. The summed E-state index contributed by atoms with van der Waals surface area (Å²) in [6.45, 7) is 2.80. The van der Waals surface area contributed by atoms with Crippen LogP contribution in [0.25, 0.3) is 11.0 Å². The molecular formula is C20H24O10. The van der Waals surface area contributed by atoms with Crippen LogP contribution in [0.5, 0.6) is 11.5 Å². The molecule has 164 valence electrons. The number of ether oxygens (including phenoxy) is 3. The van der Waals surface area contributed by atoms with Crippen molar-refractivity contribution < 1.29 is 44.2 Å². The number of aliphatic hydroxyl groups excluding tert-OH is 4. The second-order valence-corrected chi connectivity index (χ2v) is 8.10. The van der Waals surface area contributed by atoms with Gasteiger partial charge < -0.3 is 44.2 Å². The second kappa shape index (κ2) is 7.49. The van der Waals surface area contributed by atoms with Crippen LogP contribution in [-0.2, 0) is 15.9 Å². The minimum Gasteiger partial charge on any atom is -0.507 e. The molecule has 5 N–H and O–H groups in total. The number of phenols is 1. The topological polar surface area (TPSA) is 159 Å². The van der Waals surface area contributed by atoms with Crippen LogP contribution in [0.3, 0.4) is 0 Å². The molecule has 0 aliphatic carbocycles. The van der Waals surface area contributed by atoms with Gasteiger partial charge in [-0.1, -0.05) is 0 Å². The van der Waals surface area contributed by atoms with Crippen molar-refractivity contribution in [2.24, 2.45) is 0 Å². The monoisotopic (exact) mass is 424 g/mol. The summed E-state index contributed by atoms with van der Waals surface area (Å²) in [5, 5.41) is 50.4. The van der Waals surface area contributed by atoms with E-state index >= 15 is 0 Å². The van der Waals surface area contributed by atoms with Crippen LogP contribution < -0.4 is 10.4 Å². The fraction of sp³-hybridized carbons (Fsp3) is 0.550. The number of aliphatic hydroxyl groups is 4. The lowest BCUT2D eigenvalue weighted by atomic mass is 9.94. The second-order valence-electron chi connectivity index (χ2n) is 8.10. The van der Waals surface area contributed by atoms with Gasteiger partial charge in [-0.3, -0.25) is 0 Å². The van der Waals surface area contributed by atoms with Crippen LogP contribution in [-0.4, -0.2) is 74.6 Å². The SMILES string of the molecule is CC(C)(O[C@@H]1O[C@H](CO)[C@@H](O)[C@H](O)[C@H]1O)C1Cc2c(cc3oc(=O)ccc3c2O)O1. The van der Waals surface area contributed by atoms with Crippen molar-refractivity contribution in [3.8, 4) is 11.5 Å². The van der Waals surface area contributed by atoms with Crippen LogP contribution in [0.15, 0.2) is 27.4 Å². The van der Waals surface area contributed by atoms with Gasteiger partial charge in [0, 0.05) is 24.1 Å². The molecule has 3 heterocycles. The number of benzene rings is 1. The maximum atomic E-state index is 11.5. The molecular weight excluding hydrogens is 400 g/mol. The number of phenolic OH excluding ortho intramolecular Hbond substituents is 1. The Morgan fingerprint density at radius 1 is 1.17 bits per heavy atom. The molecule has 2 aliphatic heterocycles. The van der Waals surface area contributed by atoms with Gasteiger partial charge in [0.05, 0.1) is 12.0 Å². The molecule has 0 spiro atoms. The highest BCUT2D eigenvalue weighted by molar-refractivity contribution is 5.87. The standard InChI is InChI=1S/C20H24O10/c1-20(2,30-19-18(26)17(25)16(24)12(7-21)29-19)13-5-9-11(27-13)6-10-8(15(9)23)3-4-14(22)28-10/h3-4,6,12-13,16-19,21,23-26H,5,7H2,1-2H3/t12-,13?,16-,17+,18-,19+/m1/s1. The van der Waals surface area contributed by atoms with E-state index in [9.17, 15) is 30.3 Å². The molecule has 0 amide bonds. The van der Waals surface area contributed by atoms with Crippen molar-refractivity contribution in [1.82, 2.24) is 0 Å². The summed E-state index contributed by atoms with van der Waals surface area (Å²) in [5.41, 5.74) is -0.923. The lowest BCUT2D eigenvalue weighted by Crippen LogP contribution is -2.61. The average Bonchev–Trinajstić information content (AvgIpc) is 3.13. The summed E-state index contributed by atoms with van der Waals surface area (Å²) < 4.78 is 22.3. The lowest BCUT2D eigenvalue weighted by molar-refractivity contribution is -0.329. The minimum atomic E-state index is -1.56. The maximum Gasteiger partial charge on any atom is 0.336 e. The van der Waals surface area contributed by atoms with E-state index in [2.05, 4.69) is 0 Å². The predicted molar refractivity (Wildman–Crippen MR) is 101 cm³/mol. The van der Waals surface area contributed by atoms with E-state index < -0.39 is 54.6 Å². The Hall–Kier alpha value is -2.21. The first kappa shape index (κ1) is 21.0. The molecule has 0 saturated carbocycles. The molecule has 2 aliphatic rings. The quantitative estimate of drug-likeness (QED) is 0.401. The molecule has 0 bridgehead atoms. The van der Waals surface area contributed by atoms with E-state index in [-0.39, 0.29) is 17.8 Å². The lowest BCUT2D eigenvalue weighted by Gasteiger charge is -2.43. The van der Waals surface area contributed by atoms with E-state index in [4.69, 9.17) is 18.6 Å². The number of rotatable bonds is 4. The van der Waals surface area contributed by atoms with Gasteiger partial charge in [0.2, 0.25) is 0 Å². The van der Waals surface area contributed by atoms with Crippen LogP contribution in [0, 0.1) is 0 Å². The largest absolute Gasteiger partial charge is 0.507 e. The van der Waals surface area contributed by atoms with Gasteiger partial charge in [-0.05, 0) is 19.9 Å². The molecule has 1 unspecified atom stereocenters. The molecule has 1 aromatic heterocycles. The van der Waals surface area contributed by atoms with E-state index in [1.807, 2.05) is 0 Å². The first-order valence-corrected chi connectivity index (χ1v) is 9.56. The van der Waals surface area contributed by atoms with Crippen molar-refractivity contribution >= 4 is 11.0 Å². The van der Waals surface area contributed by atoms with Gasteiger partial charge in [0.1, 0.15) is 53.2 Å². The predicted octanol–water partition coefficient (Wildman–Crippen LogP) is -0.603. The zero-order valence-corrected chi connectivity index (χ0v) is 16.4. The van der Waals surface area contributed by atoms with Gasteiger partial charge >= 0.3 is 5.63 Å². The Bertz CT molecular complexity index is 997. The first-order valence-electron chi connectivity index (χ1n) is 9.56. The zero-order chi connectivity index (χ0) is 21.8. The van der Waals surface area contributed by atoms with E-state index in [0.29, 0.717) is 16.7 Å². The third-order valence-electron chi connectivity index (χ3n) is 5.67. The fourth-order valence-corrected chi connectivity index (χ4v) is 3.83. The molecule has 1 aromatic carbocycles. The Morgan fingerprint density at radius 3 is 2.60 bits per heavy atom. The number of hydrogen-bond donors (Lipinski definition) is 5. The Balaban J connectivity index is 1.57. The van der Waals surface area contributed by atoms with Crippen LogP contribution in [0.1, 0.15) is 19.4 Å². The van der Waals surface area contributed by atoms with Crippen LogP contribution in [0.4, 0.5) is 0 Å². The molecule has 6 atom stereocenters. The first-order chi connectivity index (χ1) is 14.1. The van der Waals surface area contributed by atoms with Gasteiger partial charge in [-0.15, -0.1) is 0 Å². The van der Waals surface area contributed by atoms with Gasteiger partial charge in [0.25, 0.3) is 0 Å². The summed E-state index contributed by atoms with van der Waals surface area (Å²) in [4.78, 5) is 11.5. The molecule has 2 aromatic rings. The van der Waals surface area contributed by atoms with Gasteiger partial charge in [-0.25, -0.2) is 4.79 Å². The highest BCUT2D eigenvalue weighted by atomic mass is 16.7. The summed E-state index contributed by atoms with van der Waals surface area (Å²) >= 11 is 0. The van der Waals surface area contributed by atoms with Crippen molar-refractivity contribution in [2.75, 3.05) is 6.61 Å². The molecule has 30 heavy (non-hydrogen) atoms. The third kappa shape index (κ3) is 3.45. The van der Waals surface area contributed by atoms with Crippen LogP contribution >= 0.6 is 0 Å². The summed E-state index contributed by atoms with van der Waals surface area (Å²) in [6.07, 6.45) is -7.36. The average molecular weight is 424 g/mol. The number of hydrogen-bond acceptors (Lipinski definition) is 10. The zero-order valence-electron chi connectivity index (χ0n) is 16.4. The van der Waals surface area contributed by atoms with Crippen molar-refractivity contribution in [2.45, 2.75) is 62.7 Å². The van der Waals surface area contributed by atoms with Gasteiger partial charge in [0.15, 0.2) is 6.29 Å². The van der Waals surface area contributed by atoms with Crippen molar-refractivity contribution in [3.63, 3.8) is 0 Å². The fourth-order valence-electron chi connectivity index (χ4n) is 3.83. The minimum absolute atomic E-state index is 0.0580. The van der Waals surface area contributed by atoms with E-state index in [1.165, 1.54) is 18.2 Å². The Labute approximate surface area is 170 Å². The Morgan fingerprint density at radius 2 is 1.90 bits per heavy atom. The smallest absolute Gasteiger partial charge is 0.336 e. The van der Waals surface area contributed by atoms with Gasteiger partial charge in [-0.2, -0.15) is 0 Å². The molecule has 10 heteroatoms. The third-order valence-corrected chi connectivity index (χ3v) is 5.67. The highest BCUT2D eigenvalue weighted by Crippen LogP contribution is 2.44. The molecule has 1 fully saturated rings. The highest BCUT2D eigenvalue weighted by Gasteiger charge is 2.48. The maximum absolute atomic E-state index is 11.5. The molecule has 10 nitrogen and oxygen atoms in total. The summed E-state index contributed by atoms with van der Waals surface area (Å²) in [6, 6.07) is 4.21. The number of aromatic hydroxyl groups is 1. The molecule has 1 saturated heterocycles.